The molecule has 2 atom stereocenters. The van der Waals surface area contributed by atoms with Crippen LogP contribution >= 0.6 is 15.9 Å². The lowest BCUT2D eigenvalue weighted by Crippen LogP contribution is -2.42. The third-order valence-electron chi connectivity index (χ3n) is 3.75. The van der Waals surface area contributed by atoms with E-state index in [0.717, 1.165) is 6.42 Å². The van der Waals surface area contributed by atoms with Crippen LogP contribution in [0.3, 0.4) is 0 Å². The summed E-state index contributed by atoms with van der Waals surface area (Å²) in [4.78, 5) is 0.367. The van der Waals surface area contributed by atoms with Gasteiger partial charge in [0.25, 0.3) is 0 Å². The van der Waals surface area contributed by atoms with Crippen molar-refractivity contribution in [2.24, 2.45) is 11.8 Å². The third kappa shape index (κ3) is 2.63. The van der Waals surface area contributed by atoms with Crippen LogP contribution in [0.5, 0.6) is 0 Å². The summed E-state index contributed by atoms with van der Waals surface area (Å²) in [7, 11) is -3.36. The molecule has 18 heavy (non-hydrogen) atoms. The third-order valence-corrected chi connectivity index (χ3v) is 6.63. The number of nitrogens with zero attached hydrogens (tertiary/aromatic N) is 1. The Morgan fingerprint density at radius 1 is 1.22 bits per heavy atom. The SMILES string of the molecule is CC1CCN(S(=O)(=O)c2ccccc2Br)CC1C. The summed E-state index contributed by atoms with van der Waals surface area (Å²) < 4.78 is 27.4. The van der Waals surface area contributed by atoms with Crippen molar-refractivity contribution < 1.29 is 8.42 Å². The lowest BCUT2D eigenvalue weighted by molar-refractivity contribution is 0.212. The van der Waals surface area contributed by atoms with E-state index in [0.29, 0.717) is 34.3 Å². The summed E-state index contributed by atoms with van der Waals surface area (Å²) >= 11 is 3.32. The van der Waals surface area contributed by atoms with Gasteiger partial charge in [-0.1, -0.05) is 26.0 Å². The molecular weight excluding hydrogens is 314 g/mol. The molecule has 0 amide bonds. The minimum absolute atomic E-state index is 0.367. The normalized spacial score (nSPS) is 26.2. The van der Waals surface area contributed by atoms with E-state index >= 15 is 0 Å². The Kier molecular flexibility index (Phi) is 4.14. The first-order valence-corrected chi connectivity index (χ1v) is 8.41. The van der Waals surface area contributed by atoms with Crippen molar-refractivity contribution in [1.82, 2.24) is 4.31 Å². The lowest BCUT2D eigenvalue weighted by atomic mass is 9.90. The van der Waals surface area contributed by atoms with E-state index in [1.807, 2.05) is 6.07 Å². The number of halogens is 1. The number of hydrogen-bond acceptors (Lipinski definition) is 2. The van der Waals surface area contributed by atoms with Gasteiger partial charge in [0.1, 0.15) is 0 Å². The Bertz CT molecular complexity index is 530. The second-order valence-corrected chi connectivity index (χ2v) is 7.80. The molecule has 0 aliphatic carbocycles. The van der Waals surface area contributed by atoms with Crippen LogP contribution in [0.4, 0.5) is 0 Å². The second kappa shape index (κ2) is 5.31. The van der Waals surface area contributed by atoms with Crippen LogP contribution in [0.2, 0.25) is 0 Å². The average Bonchev–Trinajstić information content (AvgIpc) is 2.33. The van der Waals surface area contributed by atoms with Crippen molar-refractivity contribution in [3.05, 3.63) is 28.7 Å². The van der Waals surface area contributed by atoms with E-state index in [2.05, 4.69) is 29.8 Å². The first kappa shape index (κ1) is 14.0. The number of hydrogen-bond donors (Lipinski definition) is 0. The van der Waals surface area contributed by atoms with Crippen LogP contribution in [-0.4, -0.2) is 25.8 Å². The van der Waals surface area contributed by atoms with Gasteiger partial charge in [-0.15, -0.1) is 0 Å². The molecule has 3 nitrogen and oxygen atoms in total. The van der Waals surface area contributed by atoms with E-state index in [1.54, 1.807) is 22.5 Å². The molecule has 2 unspecified atom stereocenters. The molecule has 1 aliphatic heterocycles. The standard InChI is InChI=1S/C13H18BrNO2S/c1-10-7-8-15(9-11(10)2)18(16,17)13-6-4-3-5-12(13)14/h3-6,10-11H,7-9H2,1-2H3. The van der Waals surface area contributed by atoms with Gasteiger partial charge in [0, 0.05) is 17.6 Å². The van der Waals surface area contributed by atoms with Crippen LogP contribution in [0.25, 0.3) is 0 Å². The van der Waals surface area contributed by atoms with Gasteiger partial charge in [0.2, 0.25) is 10.0 Å². The first-order valence-electron chi connectivity index (χ1n) is 6.17. The van der Waals surface area contributed by atoms with Crippen molar-refractivity contribution in [2.75, 3.05) is 13.1 Å². The summed E-state index contributed by atoms with van der Waals surface area (Å²) in [6.45, 7) is 5.54. The Labute approximate surface area is 117 Å². The van der Waals surface area contributed by atoms with Gasteiger partial charge in [0.15, 0.2) is 0 Å². The highest BCUT2D eigenvalue weighted by atomic mass is 79.9. The molecule has 2 rings (SSSR count). The van der Waals surface area contributed by atoms with Gasteiger partial charge < -0.3 is 0 Å². The maximum atomic E-state index is 12.6. The summed E-state index contributed by atoms with van der Waals surface area (Å²) in [6, 6.07) is 7.00. The molecule has 0 spiro atoms. The summed E-state index contributed by atoms with van der Waals surface area (Å²) in [6.07, 6.45) is 0.935. The Hall–Kier alpha value is -0.390. The van der Waals surface area contributed by atoms with Crippen molar-refractivity contribution in [3.63, 3.8) is 0 Å². The smallest absolute Gasteiger partial charge is 0.207 e. The van der Waals surface area contributed by atoms with Crippen LogP contribution in [0.1, 0.15) is 20.3 Å². The Morgan fingerprint density at radius 2 is 1.89 bits per heavy atom. The fraction of sp³-hybridized carbons (Fsp3) is 0.538. The van der Waals surface area contributed by atoms with Gasteiger partial charge in [0.05, 0.1) is 4.90 Å². The molecule has 0 saturated carbocycles. The van der Waals surface area contributed by atoms with Crippen molar-refractivity contribution in [1.29, 1.82) is 0 Å². The quantitative estimate of drug-likeness (QED) is 0.834. The minimum atomic E-state index is -3.36. The zero-order valence-corrected chi connectivity index (χ0v) is 13.0. The molecular formula is C13H18BrNO2S. The zero-order chi connectivity index (χ0) is 13.3. The van der Waals surface area contributed by atoms with Crippen molar-refractivity contribution in [3.8, 4) is 0 Å². The number of benzene rings is 1. The van der Waals surface area contributed by atoms with E-state index in [9.17, 15) is 8.42 Å². The van der Waals surface area contributed by atoms with E-state index in [4.69, 9.17) is 0 Å². The fourth-order valence-electron chi connectivity index (χ4n) is 2.24. The molecule has 0 aromatic heterocycles. The average molecular weight is 332 g/mol. The van der Waals surface area contributed by atoms with Gasteiger partial charge in [-0.2, -0.15) is 4.31 Å². The van der Waals surface area contributed by atoms with Crippen molar-refractivity contribution in [2.45, 2.75) is 25.2 Å². The first-order chi connectivity index (χ1) is 8.43. The van der Waals surface area contributed by atoms with Crippen LogP contribution in [0.15, 0.2) is 33.6 Å². The second-order valence-electron chi connectivity index (χ2n) is 5.04. The number of sulfonamides is 1. The number of piperidine rings is 1. The topological polar surface area (TPSA) is 37.4 Å². The Morgan fingerprint density at radius 3 is 2.50 bits per heavy atom. The van der Waals surface area contributed by atoms with Crippen LogP contribution in [0, 0.1) is 11.8 Å². The summed E-state index contributed by atoms with van der Waals surface area (Å²) in [5.74, 6) is 1.01. The zero-order valence-electron chi connectivity index (χ0n) is 10.6. The fourth-order valence-corrected chi connectivity index (χ4v) is 4.75. The monoisotopic (exact) mass is 331 g/mol. The van der Waals surface area contributed by atoms with Gasteiger partial charge in [-0.05, 0) is 46.3 Å². The molecule has 5 heteroatoms. The lowest BCUT2D eigenvalue weighted by Gasteiger charge is -2.34. The van der Waals surface area contributed by atoms with Gasteiger partial charge >= 0.3 is 0 Å². The molecule has 1 fully saturated rings. The summed E-state index contributed by atoms with van der Waals surface area (Å²) in [5, 5.41) is 0. The number of rotatable bonds is 2. The molecule has 0 N–H and O–H groups in total. The van der Waals surface area contributed by atoms with E-state index < -0.39 is 10.0 Å². The molecule has 1 aromatic carbocycles. The maximum Gasteiger partial charge on any atom is 0.244 e. The van der Waals surface area contributed by atoms with Crippen molar-refractivity contribution >= 4 is 26.0 Å². The van der Waals surface area contributed by atoms with Crippen LogP contribution < -0.4 is 0 Å². The van der Waals surface area contributed by atoms with E-state index in [1.165, 1.54) is 0 Å². The van der Waals surface area contributed by atoms with Gasteiger partial charge in [-0.25, -0.2) is 8.42 Å². The molecule has 0 radical (unpaired) electrons. The largest absolute Gasteiger partial charge is 0.244 e. The van der Waals surface area contributed by atoms with Gasteiger partial charge in [-0.3, -0.25) is 0 Å². The Balaban J connectivity index is 2.30. The van der Waals surface area contributed by atoms with E-state index in [-0.39, 0.29) is 0 Å². The molecule has 1 heterocycles. The van der Waals surface area contributed by atoms with Crippen LogP contribution in [-0.2, 0) is 10.0 Å². The maximum absolute atomic E-state index is 12.6. The molecule has 1 aliphatic rings. The highest BCUT2D eigenvalue weighted by Gasteiger charge is 2.32. The molecule has 100 valence electrons. The summed E-state index contributed by atoms with van der Waals surface area (Å²) in [5.41, 5.74) is 0. The predicted octanol–water partition coefficient (Wildman–Crippen LogP) is 3.12. The molecule has 0 bridgehead atoms. The highest BCUT2D eigenvalue weighted by molar-refractivity contribution is 9.10. The highest BCUT2D eigenvalue weighted by Crippen LogP contribution is 2.30. The molecule has 1 saturated heterocycles. The molecule has 1 aromatic rings. The minimum Gasteiger partial charge on any atom is -0.207 e. The predicted molar refractivity (Wildman–Crippen MR) is 75.8 cm³/mol.